The maximum atomic E-state index is 15.4. The van der Waals surface area contributed by atoms with Crippen molar-refractivity contribution in [1.29, 1.82) is 0 Å². The van der Waals surface area contributed by atoms with Crippen molar-refractivity contribution in [3.63, 3.8) is 0 Å². The minimum absolute atomic E-state index is 0.0434. The lowest BCUT2D eigenvalue weighted by Gasteiger charge is -2.22. The van der Waals surface area contributed by atoms with Gasteiger partial charge in [-0.2, -0.15) is 0 Å². The standard InChI is InChI=1S/C32H37ClFN5O4.C4H10/c1-18-12-22(33)13-19(2)30(18)21-11-20(3)31(34)24(14-21)26(15-29(41)42)37-28(40)16-35-32(43)25-7-6-8-27(36-25)39-10-9-23(17-39)38(4)5;1-4(2)3/h6-8,11-14,23,26H,9-10,15-17H2,1-5H3,(H,35,43)(H,37,40)(H,41,42);4H,1-3H3. The first-order valence-corrected chi connectivity index (χ1v) is 16.2. The van der Waals surface area contributed by atoms with Crippen LogP contribution in [0.4, 0.5) is 10.2 Å². The van der Waals surface area contributed by atoms with Crippen molar-refractivity contribution in [2.45, 2.75) is 66.5 Å². The molecule has 0 aliphatic carbocycles. The van der Waals surface area contributed by atoms with Crippen molar-refractivity contribution in [2.24, 2.45) is 5.92 Å². The lowest BCUT2D eigenvalue weighted by molar-refractivity contribution is -0.137. The molecule has 11 heteroatoms. The van der Waals surface area contributed by atoms with E-state index in [1.165, 1.54) is 0 Å². The molecule has 0 bridgehead atoms. The topological polar surface area (TPSA) is 115 Å². The highest BCUT2D eigenvalue weighted by Crippen LogP contribution is 2.34. The number of likely N-dealkylation sites (N-methyl/N-ethyl adjacent to an activating group) is 1. The molecule has 1 aliphatic rings. The zero-order chi connectivity index (χ0) is 35.0. The quantitative estimate of drug-likeness (QED) is 0.231. The Hall–Kier alpha value is -4.02. The van der Waals surface area contributed by atoms with E-state index >= 15 is 4.39 Å². The number of anilines is 1. The van der Waals surface area contributed by atoms with Gasteiger partial charge in [0.05, 0.1) is 19.0 Å². The Bertz CT molecular complexity index is 1570. The fraction of sp³-hybridized carbons (Fsp3) is 0.444. The average molecular weight is 668 g/mol. The number of aliphatic carboxylic acids is 1. The van der Waals surface area contributed by atoms with Gasteiger partial charge in [-0.3, -0.25) is 14.4 Å². The fourth-order valence-electron chi connectivity index (χ4n) is 5.57. The summed E-state index contributed by atoms with van der Waals surface area (Å²) in [6, 6.07) is 11.2. The van der Waals surface area contributed by atoms with E-state index in [1.807, 2.05) is 34.0 Å². The number of aryl methyl sites for hydroxylation is 3. The second-order valence-electron chi connectivity index (χ2n) is 13.0. The van der Waals surface area contributed by atoms with Crippen LogP contribution in [-0.2, 0) is 9.59 Å². The summed E-state index contributed by atoms with van der Waals surface area (Å²) in [5, 5.41) is 15.3. The highest BCUT2D eigenvalue weighted by molar-refractivity contribution is 6.30. The van der Waals surface area contributed by atoms with Crippen LogP contribution in [0.3, 0.4) is 0 Å². The second-order valence-corrected chi connectivity index (χ2v) is 13.4. The van der Waals surface area contributed by atoms with Crippen molar-refractivity contribution in [3.05, 3.63) is 81.3 Å². The molecule has 2 aromatic carbocycles. The number of nitrogens with one attached hydrogen (secondary N) is 2. The molecule has 47 heavy (non-hydrogen) atoms. The number of rotatable bonds is 10. The van der Waals surface area contributed by atoms with E-state index in [1.54, 1.807) is 43.3 Å². The van der Waals surface area contributed by atoms with Crippen LogP contribution in [0.5, 0.6) is 0 Å². The van der Waals surface area contributed by atoms with Gasteiger partial charge in [-0.25, -0.2) is 9.37 Å². The molecule has 3 N–H and O–H groups in total. The van der Waals surface area contributed by atoms with Crippen LogP contribution in [0, 0.1) is 32.5 Å². The van der Waals surface area contributed by atoms with Crippen LogP contribution in [0.25, 0.3) is 11.1 Å². The molecule has 1 fully saturated rings. The van der Waals surface area contributed by atoms with Crippen LogP contribution in [0.2, 0.25) is 5.02 Å². The molecule has 2 unspecified atom stereocenters. The molecule has 4 rings (SSSR count). The van der Waals surface area contributed by atoms with Crippen LogP contribution >= 0.6 is 11.6 Å². The SMILES string of the molecule is CC(C)C.Cc1cc(-c2c(C)cc(Cl)cc2C)cc(C(CC(=O)O)NC(=O)CNC(=O)c2cccc(N3CCC(N(C)C)C3)n2)c1F. The number of pyridine rings is 1. The van der Waals surface area contributed by atoms with Gasteiger partial charge in [0, 0.05) is 29.7 Å². The number of carboxylic acid groups (broad SMARTS) is 1. The van der Waals surface area contributed by atoms with E-state index in [4.69, 9.17) is 11.6 Å². The number of hydrogen-bond donors (Lipinski definition) is 3. The van der Waals surface area contributed by atoms with Gasteiger partial charge in [0.2, 0.25) is 5.91 Å². The van der Waals surface area contributed by atoms with Crippen LogP contribution in [-0.4, -0.2) is 72.5 Å². The van der Waals surface area contributed by atoms with Gasteiger partial charge in [0.25, 0.3) is 5.91 Å². The van der Waals surface area contributed by atoms with E-state index in [9.17, 15) is 19.5 Å². The highest BCUT2D eigenvalue weighted by atomic mass is 35.5. The average Bonchev–Trinajstić information content (AvgIpc) is 3.47. The molecular formula is C36H47ClFN5O4. The Kier molecular flexibility index (Phi) is 13.3. The number of halogens is 2. The number of carbonyl (C=O) groups excluding carboxylic acids is 2. The third-order valence-electron chi connectivity index (χ3n) is 7.75. The first kappa shape index (κ1) is 37.4. The third-order valence-corrected chi connectivity index (χ3v) is 7.97. The van der Waals surface area contributed by atoms with Gasteiger partial charge in [-0.15, -0.1) is 0 Å². The van der Waals surface area contributed by atoms with Gasteiger partial charge in [-0.1, -0.05) is 38.4 Å². The highest BCUT2D eigenvalue weighted by Gasteiger charge is 2.26. The van der Waals surface area contributed by atoms with Crippen molar-refractivity contribution < 1.29 is 23.9 Å². The second kappa shape index (κ2) is 16.7. The fourth-order valence-corrected chi connectivity index (χ4v) is 5.90. The number of carbonyl (C=O) groups is 3. The largest absolute Gasteiger partial charge is 0.481 e. The summed E-state index contributed by atoms with van der Waals surface area (Å²) in [5.41, 5.74) is 3.79. The normalized spacial score (nSPS) is 14.9. The van der Waals surface area contributed by atoms with E-state index in [2.05, 4.69) is 46.2 Å². The van der Waals surface area contributed by atoms with E-state index in [-0.39, 0.29) is 11.3 Å². The van der Waals surface area contributed by atoms with Crippen molar-refractivity contribution >= 4 is 35.2 Å². The molecule has 0 saturated carbocycles. The first-order chi connectivity index (χ1) is 22.1. The third kappa shape index (κ3) is 10.5. The Morgan fingerprint density at radius 3 is 2.28 bits per heavy atom. The minimum Gasteiger partial charge on any atom is -0.481 e. The smallest absolute Gasteiger partial charge is 0.305 e. The van der Waals surface area contributed by atoms with E-state index in [0.29, 0.717) is 28.0 Å². The molecule has 254 valence electrons. The van der Waals surface area contributed by atoms with Crippen LogP contribution in [0.1, 0.15) is 72.4 Å². The molecule has 1 aromatic heterocycles. The summed E-state index contributed by atoms with van der Waals surface area (Å²) >= 11 is 6.20. The number of carboxylic acids is 1. The summed E-state index contributed by atoms with van der Waals surface area (Å²) in [4.78, 5) is 46.3. The first-order valence-electron chi connectivity index (χ1n) is 15.8. The molecule has 0 spiro atoms. The van der Waals surface area contributed by atoms with Gasteiger partial charge >= 0.3 is 5.97 Å². The molecule has 1 aliphatic heterocycles. The lowest BCUT2D eigenvalue weighted by atomic mass is 9.90. The monoisotopic (exact) mass is 667 g/mol. The zero-order valence-corrected chi connectivity index (χ0v) is 29.3. The molecule has 2 atom stereocenters. The Morgan fingerprint density at radius 1 is 1.06 bits per heavy atom. The van der Waals surface area contributed by atoms with Crippen LogP contribution < -0.4 is 15.5 Å². The predicted octanol–water partition coefficient (Wildman–Crippen LogP) is 6.33. The van der Waals surface area contributed by atoms with Gasteiger partial charge in [-0.05, 0) is 111 Å². The molecule has 2 heterocycles. The zero-order valence-electron chi connectivity index (χ0n) is 28.6. The maximum absolute atomic E-state index is 15.4. The number of nitrogens with zero attached hydrogens (tertiary/aromatic N) is 3. The van der Waals surface area contributed by atoms with E-state index < -0.39 is 42.6 Å². The Morgan fingerprint density at radius 2 is 1.70 bits per heavy atom. The minimum atomic E-state index is -1.21. The maximum Gasteiger partial charge on any atom is 0.305 e. The summed E-state index contributed by atoms with van der Waals surface area (Å²) in [7, 11) is 4.07. The predicted molar refractivity (Wildman–Crippen MR) is 186 cm³/mol. The number of hydrogen-bond acceptors (Lipinski definition) is 6. The van der Waals surface area contributed by atoms with Crippen molar-refractivity contribution in [3.8, 4) is 11.1 Å². The molecule has 3 aromatic rings. The molecule has 0 radical (unpaired) electrons. The summed E-state index contributed by atoms with van der Waals surface area (Å²) in [6.07, 6.45) is 0.441. The molecular weight excluding hydrogens is 621 g/mol. The van der Waals surface area contributed by atoms with Gasteiger partial charge in [0.1, 0.15) is 17.3 Å². The van der Waals surface area contributed by atoms with Gasteiger partial charge < -0.3 is 25.5 Å². The summed E-state index contributed by atoms with van der Waals surface area (Å²) < 4.78 is 15.4. The summed E-state index contributed by atoms with van der Waals surface area (Å²) in [6.45, 7) is 13.1. The lowest BCUT2D eigenvalue weighted by Crippen LogP contribution is -2.39. The van der Waals surface area contributed by atoms with E-state index in [0.717, 1.165) is 42.1 Å². The van der Waals surface area contributed by atoms with Crippen LogP contribution in [0.15, 0.2) is 42.5 Å². The number of aromatic nitrogens is 1. The number of benzene rings is 2. The molecule has 2 amide bonds. The molecule has 9 nitrogen and oxygen atoms in total. The van der Waals surface area contributed by atoms with Crippen molar-refractivity contribution in [2.75, 3.05) is 38.6 Å². The number of amides is 2. The summed E-state index contributed by atoms with van der Waals surface area (Å²) in [5.74, 6) is -1.52. The molecule has 1 saturated heterocycles. The van der Waals surface area contributed by atoms with Crippen molar-refractivity contribution in [1.82, 2.24) is 20.5 Å². The van der Waals surface area contributed by atoms with Gasteiger partial charge in [0.15, 0.2) is 0 Å². The Labute approximate surface area is 282 Å². The Balaban J connectivity index is 0.00000142.